The number of nitrogens with one attached hydrogen (secondary N) is 1. The summed E-state index contributed by atoms with van der Waals surface area (Å²) >= 11 is 0. The van der Waals surface area contributed by atoms with Crippen LogP contribution in [0.15, 0.2) is 24.3 Å². The fourth-order valence-corrected chi connectivity index (χ4v) is 1.06. The van der Waals surface area contributed by atoms with Crippen LogP contribution in [0.5, 0.6) is 5.75 Å². The van der Waals surface area contributed by atoms with Gasteiger partial charge >= 0.3 is 0 Å². The number of benzene rings is 1. The molecule has 0 aliphatic heterocycles. The number of rotatable bonds is 4. The van der Waals surface area contributed by atoms with E-state index in [2.05, 4.69) is 17.2 Å². The van der Waals surface area contributed by atoms with E-state index >= 15 is 0 Å². The number of hydrogen-bond donors (Lipinski definition) is 1. The van der Waals surface area contributed by atoms with Crippen LogP contribution in [0.3, 0.4) is 0 Å². The van der Waals surface area contributed by atoms with E-state index < -0.39 is 0 Å². The van der Waals surface area contributed by atoms with Crippen LogP contribution in [0.4, 0.5) is 0 Å². The van der Waals surface area contributed by atoms with Gasteiger partial charge in [-0.3, -0.25) is 4.79 Å². The fraction of sp³-hybridized carbons (Fsp3) is 0.231. The van der Waals surface area contributed by atoms with Crippen LogP contribution < -0.4 is 10.1 Å². The lowest BCUT2D eigenvalue weighted by Crippen LogP contribution is -2.29. The molecular weight excluding hydrogens is 216 g/mol. The van der Waals surface area contributed by atoms with E-state index in [0.29, 0.717) is 17.9 Å². The van der Waals surface area contributed by atoms with Crippen LogP contribution in [0.2, 0.25) is 0 Å². The number of carbonyl (C=O) groups is 1. The molecule has 1 aromatic rings. The van der Waals surface area contributed by atoms with Gasteiger partial charge in [0.2, 0.25) is 0 Å². The average Bonchev–Trinajstić information content (AvgIpc) is 2.37. The first-order valence-corrected chi connectivity index (χ1v) is 5.05. The van der Waals surface area contributed by atoms with Crippen molar-refractivity contribution in [3.05, 3.63) is 29.8 Å². The lowest BCUT2D eigenvalue weighted by molar-refractivity contribution is -0.122. The van der Waals surface area contributed by atoms with E-state index in [9.17, 15) is 4.79 Å². The Bertz CT molecular complexity index is 475. The SMILES string of the molecule is CC#CCNC(=O)COc1ccc(C#N)cc1. The molecule has 1 N–H and O–H groups in total. The molecule has 86 valence electrons. The molecule has 0 heterocycles. The molecule has 0 aliphatic carbocycles. The molecule has 17 heavy (non-hydrogen) atoms. The van der Waals surface area contributed by atoms with Gasteiger partial charge < -0.3 is 10.1 Å². The summed E-state index contributed by atoms with van der Waals surface area (Å²) in [7, 11) is 0. The third-order valence-corrected chi connectivity index (χ3v) is 1.90. The molecular formula is C13H12N2O2. The number of amides is 1. The standard InChI is InChI=1S/C13H12N2O2/c1-2-3-8-15-13(16)10-17-12-6-4-11(9-14)5-7-12/h4-7H,8,10H2,1H3,(H,15,16). The third-order valence-electron chi connectivity index (χ3n) is 1.90. The average molecular weight is 228 g/mol. The van der Waals surface area contributed by atoms with Crippen LogP contribution in [0.1, 0.15) is 12.5 Å². The Morgan fingerprint density at radius 2 is 2.12 bits per heavy atom. The van der Waals surface area contributed by atoms with Gasteiger partial charge in [0.05, 0.1) is 18.2 Å². The Morgan fingerprint density at radius 1 is 1.41 bits per heavy atom. The van der Waals surface area contributed by atoms with Crippen molar-refractivity contribution in [1.29, 1.82) is 5.26 Å². The maximum atomic E-state index is 11.3. The zero-order chi connectivity index (χ0) is 12.5. The summed E-state index contributed by atoms with van der Waals surface area (Å²) in [5.74, 6) is 5.72. The van der Waals surface area contributed by atoms with E-state index in [1.807, 2.05) is 6.07 Å². The molecule has 0 aliphatic rings. The molecule has 0 saturated carbocycles. The summed E-state index contributed by atoms with van der Waals surface area (Å²) in [4.78, 5) is 11.3. The number of carbonyl (C=O) groups excluding carboxylic acids is 1. The van der Waals surface area contributed by atoms with Crippen LogP contribution in [0.25, 0.3) is 0 Å². The minimum absolute atomic E-state index is 0.0582. The van der Waals surface area contributed by atoms with Gasteiger partial charge in [-0.15, -0.1) is 5.92 Å². The van der Waals surface area contributed by atoms with Gasteiger partial charge in [0.1, 0.15) is 5.75 Å². The van der Waals surface area contributed by atoms with Crippen LogP contribution in [-0.2, 0) is 4.79 Å². The maximum absolute atomic E-state index is 11.3. The fourth-order valence-electron chi connectivity index (χ4n) is 1.06. The predicted molar refractivity (Wildman–Crippen MR) is 63.1 cm³/mol. The minimum Gasteiger partial charge on any atom is -0.484 e. The van der Waals surface area contributed by atoms with Gasteiger partial charge in [0, 0.05) is 0 Å². The normalized spacial score (nSPS) is 8.47. The predicted octanol–water partition coefficient (Wildman–Crippen LogP) is 1.08. The lowest BCUT2D eigenvalue weighted by atomic mass is 10.2. The summed E-state index contributed by atoms with van der Waals surface area (Å²) < 4.78 is 5.23. The van der Waals surface area contributed by atoms with Crippen molar-refractivity contribution in [2.45, 2.75) is 6.92 Å². The van der Waals surface area contributed by atoms with Crippen molar-refractivity contribution in [3.8, 4) is 23.7 Å². The highest BCUT2D eigenvalue weighted by molar-refractivity contribution is 5.77. The molecule has 0 aromatic heterocycles. The van der Waals surface area contributed by atoms with Crippen LogP contribution in [0, 0.1) is 23.2 Å². The molecule has 0 saturated heterocycles. The molecule has 0 atom stereocenters. The Morgan fingerprint density at radius 3 is 2.71 bits per heavy atom. The van der Waals surface area contributed by atoms with Crippen molar-refractivity contribution in [2.24, 2.45) is 0 Å². The molecule has 4 nitrogen and oxygen atoms in total. The quantitative estimate of drug-likeness (QED) is 0.784. The van der Waals surface area contributed by atoms with Gasteiger partial charge in [-0.1, -0.05) is 5.92 Å². The first kappa shape index (κ1) is 12.6. The Hall–Kier alpha value is -2.46. The highest BCUT2D eigenvalue weighted by atomic mass is 16.5. The van der Waals surface area contributed by atoms with Crippen molar-refractivity contribution in [2.75, 3.05) is 13.2 Å². The highest BCUT2D eigenvalue weighted by Crippen LogP contribution is 2.10. The van der Waals surface area contributed by atoms with E-state index in [4.69, 9.17) is 10.00 Å². The second-order valence-corrected chi connectivity index (χ2v) is 3.13. The van der Waals surface area contributed by atoms with Crippen LogP contribution >= 0.6 is 0 Å². The summed E-state index contributed by atoms with van der Waals surface area (Å²) in [6.07, 6.45) is 0. The van der Waals surface area contributed by atoms with E-state index in [0.717, 1.165) is 0 Å². The second kappa shape index (κ2) is 6.92. The van der Waals surface area contributed by atoms with E-state index in [1.54, 1.807) is 31.2 Å². The monoisotopic (exact) mass is 228 g/mol. The highest BCUT2D eigenvalue weighted by Gasteiger charge is 2.01. The number of nitrogens with zero attached hydrogens (tertiary/aromatic N) is 1. The van der Waals surface area contributed by atoms with Crippen molar-refractivity contribution in [1.82, 2.24) is 5.32 Å². The van der Waals surface area contributed by atoms with Gasteiger partial charge in [-0.2, -0.15) is 5.26 Å². The Kier molecular flexibility index (Phi) is 5.13. The third kappa shape index (κ3) is 4.72. The molecule has 0 spiro atoms. The number of ether oxygens (including phenoxy) is 1. The minimum atomic E-state index is -0.225. The van der Waals surface area contributed by atoms with Gasteiger partial charge in [-0.25, -0.2) is 0 Å². The first-order chi connectivity index (χ1) is 8.26. The molecule has 0 fully saturated rings. The summed E-state index contributed by atoms with van der Waals surface area (Å²) in [6, 6.07) is 8.57. The summed E-state index contributed by atoms with van der Waals surface area (Å²) in [5, 5.41) is 11.2. The molecule has 4 heteroatoms. The zero-order valence-electron chi connectivity index (χ0n) is 9.49. The smallest absolute Gasteiger partial charge is 0.258 e. The lowest BCUT2D eigenvalue weighted by Gasteiger charge is -2.05. The van der Waals surface area contributed by atoms with Gasteiger partial charge in [0.25, 0.3) is 5.91 Å². The molecule has 0 bridgehead atoms. The first-order valence-electron chi connectivity index (χ1n) is 5.05. The number of hydrogen-bond acceptors (Lipinski definition) is 3. The van der Waals surface area contributed by atoms with Crippen LogP contribution in [-0.4, -0.2) is 19.1 Å². The van der Waals surface area contributed by atoms with E-state index in [1.165, 1.54) is 0 Å². The Labute approximate surface area is 100 Å². The Balaban J connectivity index is 2.36. The van der Waals surface area contributed by atoms with Crippen molar-refractivity contribution < 1.29 is 9.53 Å². The molecule has 0 radical (unpaired) electrons. The summed E-state index contributed by atoms with van der Waals surface area (Å²) in [6.45, 7) is 1.97. The molecule has 0 unspecified atom stereocenters. The van der Waals surface area contributed by atoms with Crippen molar-refractivity contribution >= 4 is 5.91 Å². The maximum Gasteiger partial charge on any atom is 0.258 e. The molecule has 1 rings (SSSR count). The number of nitriles is 1. The molecule has 1 amide bonds. The largest absolute Gasteiger partial charge is 0.484 e. The second-order valence-electron chi connectivity index (χ2n) is 3.13. The zero-order valence-corrected chi connectivity index (χ0v) is 9.49. The van der Waals surface area contributed by atoms with Crippen molar-refractivity contribution in [3.63, 3.8) is 0 Å². The summed E-state index contributed by atoms with van der Waals surface area (Å²) in [5.41, 5.74) is 0.556. The van der Waals surface area contributed by atoms with Gasteiger partial charge in [-0.05, 0) is 31.2 Å². The topological polar surface area (TPSA) is 62.1 Å². The van der Waals surface area contributed by atoms with E-state index in [-0.39, 0.29) is 12.5 Å². The molecule has 1 aromatic carbocycles. The van der Waals surface area contributed by atoms with Gasteiger partial charge in [0.15, 0.2) is 6.61 Å².